The van der Waals surface area contributed by atoms with Gasteiger partial charge in [0.05, 0.1) is 6.10 Å². The highest BCUT2D eigenvalue weighted by Crippen LogP contribution is 2.21. The van der Waals surface area contributed by atoms with Gasteiger partial charge in [0.25, 0.3) is 0 Å². The van der Waals surface area contributed by atoms with E-state index < -0.39 is 0 Å². The fourth-order valence-electron chi connectivity index (χ4n) is 1.74. The molecule has 0 saturated heterocycles. The minimum Gasteiger partial charge on any atom is -0.409 e. The molecule has 0 aromatic rings. The third-order valence-electron chi connectivity index (χ3n) is 2.97. The lowest BCUT2D eigenvalue weighted by atomic mass is 9.86. The predicted molar refractivity (Wildman–Crippen MR) is 70.2 cm³/mol. The molecule has 0 rings (SSSR count). The first-order valence-electron chi connectivity index (χ1n) is 6.19. The smallest absolute Gasteiger partial charge is 0.144 e. The van der Waals surface area contributed by atoms with Crippen LogP contribution in [0.5, 0.6) is 0 Å². The lowest BCUT2D eigenvalue weighted by Crippen LogP contribution is -2.34. The van der Waals surface area contributed by atoms with Crippen LogP contribution in [0.2, 0.25) is 0 Å². The summed E-state index contributed by atoms with van der Waals surface area (Å²) < 4.78 is 0. The maximum atomic E-state index is 9.21. The zero-order valence-corrected chi connectivity index (χ0v) is 11.4. The van der Waals surface area contributed by atoms with Gasteiger partial charge in [-0.2, -0.15) is 0 Å². The van der Waals surface area contributed by atoms with Gasteiger partial charge in [0, 0.05) is 11.5 Å². The second-order valence-electron chi connectivity index (χ2n) is 5.41. The summed E-state index contributed by atoms with van der Waals surface area (Å²) in [5, 5.41) is 24.2. The maximum absolute atomic E-state index is 9.21. The van der Waals surface area contributed by atoms with E-state index in [0.717, 1.165) is 25.8 Å². The number of rotatable bonds is 8. The van der Waals surface area contributed by atoms with Gasteiger partial charge < -0.3 is 21.4 Å². The van der Waals surface area contributed by atoms with Crippen molar-refractivity contribution in [2.75, 3.05) is 6.54 Å². The number of aliphatic hydroxyl groups excluding tert-OH is 1. The minimum atomic E-state index is -0.274. The van der Waals surface area contributed by atoms with Crippen LogP contribution in [0, 0.1) is 5.41 Å². The number of hydrogen-bond donors (Lipinski definition) is 4. The molecule has 0 bridgehead atoms. The Morgan fingerprint density at radius 3 is 2.47 bits per heavy atom. The van der Waals surface area contributed by atoms with Crippen molar-refractivity contribution < 1.29 is 10.3 Å². The van der Waals surface area contributed by atoms with Crippen molar-refractivity contribution in [3.05, 3.63) is 0 Å². The molecule has 0 aliphatic rings. The van der Waals surface area contributed by atoms with E-state index in [0.29, 0.717) is 6.04 Å². The maximum Gasteiger partial charge on any atom is 0.144 e. The summed E-state index contributed by atoms with van der Waals surface area (Å²) in [6, 6.07) is 0.307. The van der Waals surface area contributed by atoms with Gasteiger partial charge >= 0.3 is 0 Å². The molecule has 0 radical (unpaired) electrons. The van der Waals surface area contributed by atoms with E-state index in [4.69, 9.17) is 10.9 Å². The summed E-state index contributed by atoms with van der Waals surface area (Å²) in [7, 11) is 0. The summed E-state index contributed by atoms with van der Waals surface area (Å²) in [4.78, 5) is 0. The Morgan fingerprint density at radius 1 is 1.41 bits per heavy atom. The van der Waals surface area contributed by atoms with Crippen molar-refractivity contribution in [3.63, 3.8) is 0 Å². The Kier molecular flexibility index (Phi) is 7.15. The van der Waals surface area contributed by atoms with Crippen LogP contribution in [-0.2, 0) is 0 Å². The van der Waals surface area contributed by atoms with Crippen LogP contribution in [-0.4, -0.2) is 34.8 Å². The fourth-order valence-corrected chi connectivity index (χ4v) is 1.74. The van der Waals surface area contributed by atoms with Crippen LogP contribution in [0.15, 0.2) is 5.16 Å². The molecule has 0 spiro atoms. The van der Waals surface area contributed by atoms with Crippen molar-refractivity contribution in [1.82, 2.24) is 5.32 Å². The number of nitrogens with one attached hydrogen (secondary N) is 1. The molecule has 0 saturated carbocycles. The lowest BCUT2D eigenvalue weighted by molar-refractivity contribution is 0.170. The Morgan fingerprint density at radius 2 is 2.00 bits per heavy atom. The fraction of sp³-hybridized carbons (Fsp3) is 0.917. The van der Waals surface area contributed by atoms with Crippen LogP contribution in [0.3, 0.4) is 0 Å². The van der Waals surface area contributed by atoms with Gasteiger partial charge in [0.15, 0.2) is 0 Å². The monoisotopic (exact) mass is 245 g/mol. The molecule has 5 heteroatoms. The van der Waals surface area contributed by atoms with Crippen molar-refractivity contribution in [2.24, 2.45) is 16.3 Å². The highest BCUT2D eigenvalue weighted by Gasteiger charge is 2.22. The topological polar surface area (TPSA) is 90.9 Å². The summed E-state index contributed by atoms with van der Waals surface area (Å²) >= 11 is 0. The first-order chi connectivity index (χ1) is 7.79. The van der Waals surface area contributed by atoms with E-state index >= 15 is 0 Å². The summed E-state index contributed by atoms with van der Waals surface area (Å²) in [5.41, 5.74) is 5.33. The Labute approximate surface area is 104 Å². The van der Waals surface area contributed by atoms with Gasteiger partial charge in [-0.1, -0.05) is 19.0 Å². The SMILES string of the molecule is CC(O)CC(C)NCCCC(C)(C)C(N)=NO. The van der Waals surface area contributed by atoms with E-state index in [9.17, 15) is 5.11 Å². The molecule has 0 amide bonds. The third-order valence-corrected chi connectivity index (χ3v) is 2.97. The molecule has 2 unspecified atom stereocenters. The normalized spacial score (nSPS) is 16.9. The van der Waals surface area contributed by atoms with Crippen LogP contribution < -0.4 is 11.1 Å². The Bertz CT molecular complexity index is 240. The average molecular weight is 245 g/mol. The highest BCUT2D eigenvalue weighted by molar-refractivity contribution is 5.85. The molecule has 5 N–H and O–H groups in total. The van der Waals surface area contributed by atoms with Crippen LogP contribution in [0.25, 0.3) is 0 Å². The van der Waals surface area contributed by atoms with Gasteiger partial charge in [0.1, 0.15) is 5.84 Å². The molecule has 0 heterocycles. The molecule has 17 heavy (non-hydrogen) atoms. The summed E-state index contributed by atoms with van der Waals surface area (Å²) in [5.74, 6) is 0.273. The molecule has 102 valence electrons. The highest BCUT2D eigenvalue weighted by atomic mass is 16.4. The quantitative estimate of drug-likeness (QED) is 0.170. The lowest BCUT2D eigenvalue weighted by Gasteiger charge is -2.23. The van der Waals surface area contributed by atoms with E-state index in [1.54, 1.807) is 6.92 Å². The van der Waals surface area contributed by atoms with Crippen molar-refractivity contribution >= 4 is 5.84 Å². The van der Waals surface area contributed by atoms with Gasteiger partial charge in [0.2, 0.25) is 0 Å². The molecule has 2 atom stereocenters. The number of hydrogen-bond acceptors (Lipinski definition) is 4. The van der Waals surface area contributed by atoms with E-state index in [-0.39, 0.29) is 17.4 Å². The summed E-state index contributed by atoms with van der Waals surface area (Å²) in [6.07, 6.45) is 2.29. The molecule has 0 fully saturated rings. The minimum absolute atomic E-state index is 0.272. The second kappa shape index (κ2) is 7.50. The molecule has 5 nitrogen and oxygen atoms in total. The van der Waals surface area contributed by atoms with Gasteiger partial charge in [-0.3, -0.25) is 0 Å². The Balaban J connectivity index is 3.78. The van der Waals surface area contributed by atoms with Crippen LogP contribution >= 0.6 is 0 Å². The molecular formula is C12H27N3O2. The first-order valence-corrected chi connectivity index (χ1v) is 6.19. The van der Waals surface area contributed by atoms with Crippen molar-refractivity contribution in [1.29, 1.82) is 0 Å². The predicted octanol–water partition coefficient (Wildman–Crippen LogP) is 1.29. The van der Waals surface area contributed by atoms with E-state index in [2.05, 4.69) is 17.4 Å². The van der Waals surface area contributed by atoms with Crippen molar-refractivity contribution in [2.45, 2.75) is 59.1 Å². The second-order valence-corrected chi connectivity index (χ2v) is 5.41. The molecular weight excluding hydrogens is 218 g/mol. The standard InChI is InChI=1S/C12H27N3O2/c1-9(8-10(2)16)14-7-5-6-12(3,4)11(13)15-17/h9-10,14,16-17H,5-8H2,1-4H3,(H2,13,15). The number of aliphatic hydroxyl groups is 1. The molecule has 0 aromatic heterocycles. The number of oxime groups is 1. The van der Waals surface area contributed by atoms with Gasteiger partial charge in [-0.05, 0) is 39.7 Å². The van der Waals surface area contributed by atoms with Gasteiger partial charge in [-0.25, -0.2) is 0 Å². The van der Waals surface area contributed by atoms with Crippen LogP contribution in [0.1, 0.15) is 47.0 Å². The molecule has 0 aromatic carbocycles. The number of amidine groups is 1. The molecule has 0 aliphatic carbocycles. The molecule has 0 aliphatic heterocycles. The average Bonchev–Trinajstić information content (AvgIpc) is 2.22. The first kappa shape index (κ1) is 16.2. The zero-order valence-electron chi connectivity index (χ0n) is 11.4. The van der Waals surface area contributed by atoms with Gasteiger partial charge in [-0.15, -0.1) is 0 Å². The third kappa shape index (κ3) is 7.18. The van der Waals surface area contributed by atoms with E-state index in [1.807, 2.05) is 13.8 Å². The summed E-state index contributed by atoms with van der Waals surface area (Å²) in [6.45, 7) is 8.64. The van der Waals surface area contributed by atoms with Crippen LogP contribution in [0.4, 0.5) is 0 Å². The number of nitrogens with two attached hydrogens (primary N) is 1. The largest absolute Gasteiger partial charge is 0.409 e. The van der Waals surface area contributed by atoms with Crippen molar-refractivity contribution in [3.8, 4) is 0 Å². The Hall–Kier alpha value is -0.810. The van der Waals surface area contributed by atoms with E-state index in [1.165, 1.54) is 0 Å². The zero-order chi connectivity index (χ0) is 13.5. The number of nitrogens with zero attached hydrogens (tertiary/aromatic N) is 1.